The smallest absolute Gasteiger partial charge is 0.0106 e. The highest BCUT2D eigenvalue weighted by atomic mass is 15.2. The molecule has 2 nitrogen and oxygen atoms in total. The van der Waals surface area contributed by atoms with Crippen LogP contribution in [0.15, 0.2) is 60.7 Å². The van der Waals surface area contributed by atoms with Crippen LogP contribution in [0, 0.1) is 0 Å². The van der Waals surface area contributed by atoms with Gasteiger partial charge in [0.05, 0.1) is 0 Å². The first-order chi connectivity index (χ1) is 17.7. The average molecular weight is 493 g/mol. The van der Waals surface area contributed by atoms with Gasteiger partial charge in [-0.05, 0) is 76.8 Å². The summed E-state index contributed by atoms with van der Waals surface area (Å²) < 4.78 is 0. The van der Waals surface area contributed by atoms with E-state index >= 15 is 0 Å². The van der Waals surface area contributed by atoms with Gasteiger partial charge < -0.3 is 9.80 Å². The standard InChI is InChI=1S/C34H56N2/c1-35(29-21-11-7-3-5-9-15-23-33-25-17-13-18-26-33)31-32-36(2)30-22-12-8-4-6-10-16-24-34-27-19-14-20-28-34/h13-14,17-20,25-28H,3-12,15-16,21-24,29-32H2,1-2H3. The van der Waals surface area contributed by atoms with Crippen molar-refractivity contribution in [3.8, 4) is 0 Å². The van der Waals surface area contributed by atoms with E-state index in [0.29, 0.717) is 0 Å². The highest BCUT2D eigenvalue weighted by Gasteiger charge is 2.03. The first-order valence-corrected chi connectivity index (χ1v) is 15.2. The van der Waals surface area contributed by atoms with Crippen LogP contribution in [-0.2, 0) is 12.8 Å². The van der Waals surface area contributed by atoms with Crippen LogP contribution in [0.4, 0.5) is 0 Å². The normalized spacial score (nSPS) is 11.6. The predicted molar refractivity (Wildman–Crippen MR) is 160 cm³/mol. The van der Waals surface area contributed by atoms with Crippen molar-refractivity contribution in [3.63, 3.8) is 0 Å². The van der Waals surface area contributed by atoms with Gasteiger partial charge in [-0.25, -0.2) is 0 Å². The van der Waals surface area contributed by atoms with Crippen molar-refractivity contribution in [2.45, 2.75) is 103 Å². The fourth-order valence-electron chi connectivity index (χ4n) is 5.04. The van der Waals surface area contributed by atoms with Gasteiger partial charge in [0.25, 0.3) is 0 Å². The minimum atomic E-state index is 1.21. The van der Waals surface area contributed by atoms with Crippen molar-refractivity contribution in [3.05, 3.63) is 71.8 Å². The summed E-state index contributed by atoms with van der Waals surface area (Å²) in [6.45, 7) is 4.92. The van der Waals surface area contributed by atoms with E-state index in [1.54, 1.807) is 0 Å². The number of aryl methyl sites for hydroxylation is 2. The van der Waals surface area contributed by atoms with Gasteiger partial charge in [-0.2, -0.15) is 0 Å². The Hall–Kier alpha value is -1.64. The van der Waals surface area contributed by atoms with E-state index in [2.05, 4.69) is 84.6 Å². The second kappa shape index (κ2) is 21.4. The zero-order valence-electron chi connectivity index (χ0n) is 23.8. The molecule has 0 spiro atoms. The Kier molecular flexibility index (Phi) is 18.2. The van der Waals surface area contributed by atoms with Crippen molar-refractivity contribution in [1.82, 2.24) is 9.80 Å². The highest BCUT2D eigenvalue weighted by molar-refractivity contribution is 5.15. The van der Waals surface area contributed by atoms with Crippen LogP contribution in [0.5, 0.6) is 0 Å². The van der Waals surface area contributed by atoms with Crippen LogP contribution in [0.1, 0.15) is 101 Å². The minimum Gasteiger partial charge on any atom is -0.305 e. The molecule has 0 aliphatic carbocycles. The summed E-state index contributed by atoms with van der Waals surface area (Å²) in [5, 5.41) is 0. The first kappa shape index (κ1) is 30.6. The van der Waals surface area contributed by atoms with Crippen molar-refractivity contribution >= 4 is 0 Å². The molecule has 0 aliphatic heterocycles. The van der Waals surface area contributed by atoms with Crippen molar-refractivity contribution < 1.29 is 0 Å². The maximum absolute atomic E-state index is 2.53. The molecule has 0 atom stereocenters. The molecule has 0 aliphatic rings. The van der Waals surface area contributed by atoms with Gasteiger partial charge in [0.2, 0.25) is 0 Å². The van der Waals surface area contributed by atoms with Gasteiger partial charge in [0.1, 0.15) is 0 Å². The Labute approximate surface area is 224 Å². The van der Waals surface area contributed by atoms with Crippen LogP contribution < -0.4 is 0 Å². The Morgan fingerprint density at radius 1 is 0.361 bits per heavy atom. The zero-order valence-corrected chi connectivity index (χ0v) is 23.8. The van der Waals surface area contributed by atoms with Crippen LogP contribution in [0.2, 0.25) is 0 Å². The van der Waals surface area contributed by atoms with E-state index in [1.165, 1.54) is 140 Å². The van der Waals surface area contributed by atoms with Gasteiger partial charge >= 0.3 is 0 Å². The summed E-state index contributed by atoms with van der Waals surface area (Å²) in [5.41, 5.74) is 2.99. The molecule has 202 valence electrons. The summed E-state index contributed by atoms with van der Waals surface area (Å²) in [7, 11) is 4.60. The van der Waals surface area contributed by atoms with E-state index in [0.717, 1.165) is 0 Å². The van der Waals surface area contributed by atoms with Crippen LogP contribution in [-0.4, -0.2) is 50.1 Å². The molecule has 0 bridgehead atoms. The number of benzene rings is 2. The van der Waals surface area contributed by atoms with Gasteiger partial charge in [-0.3, -0.25) is 0 Å². The summed E-state index contributed by atoms with van der Waals surface area (Å²) in [6.07, 6.45) is 21.9. The molecular weight excluding hydrogens is 436 g/mol. The number of hydrogen-bond donors (Lipinski definition) is 0. The average Bonchev–Trinajstić information content (AvgIpc) is 2.91. The third kappa shape index (κ3) is 16.9. The molecule has 2 rings (SSSR count). The third-order valence-electron chi connectivity index (χ3n) is 7.56. The van der Waals surface area contributed by atoms with E-state index < -0.39 is 0 Å². The predicted octanol–water partition coefficient (Wildman–Crippen LogP) is 8.80. The second-order valence-corrected chi connectivity index (χ2v) is 11.0. The summed E-state index contributed by atoms with van der Waals surface area (Å²) >= 11 is 0. The minimum absolute atomic E-state index is 1.21. The quantitative estimate of drug-likeness (QED) is 0.143. The molecule has 0 amide bonds. The molecule has 0 unspecified atom stereocenters. The van der Waals surface area contributed by atoms with E-state index in [1.807, 2.05) is 0 Å². The van der Waals surface area contributed by atoms with Gasteiger partial charge in [0.15, 0.2) is 0 Å². The van der Waals surface area contributed by atoms with Crippen molar-refractivity contribution in [2.75, 3.05) is 40.3 Å². The van der Waals surface area contributed by atoms with Crippen molar-refractivity contribution in [1.29, 1.82) is 0 Å². The lowest BCUT2D eigenvalue weighted by molar-refractivity contribution is 0.249. The maximum Gasteiger partial charge on any atom is 0.0106 e. The third-order valence-corrected chi connectivity index (χ3v) is 7.56. The van der Waals surface area contributed by atoms with Gasteiger partial charge in [-0.15, -0.1) is 0 Å². The van der Waals surface area contributed by atoms with Crippen LogP contribution in [0.3, 0.4) is 0 Å². The molecule has 0 heterocycles. The number of rotatable bonds is 23. The van der Waals surface area contributed by atoms with E-state index in [4.69, 9.17) is 0 Å². The fourth-order valence-corrected chi connectivity index (χ4v) is 5.04. The Balaban J connectivity index is 1.29. The summed E-state index contributed by atoms with van der Waals surface area (Å²) in [6, 6.07) is 21.9. The first-order valence-electron chi connectivity index (χ1n) is 15.2. The Morgan fingerprint density at radius 2 is 0.667 bits per heavy atom. The topological polar surface area (TPSA) is 6.48 Å². The number of hydrogen-bond acceptors (Lipinski definition) is 2. The second-order valence-electron chi connectivity index (χ2n) is 11.0. The Morgan fingerprint density at radius 3 is 1.03 bits per heavy atom. The molecule has 0 fully saturated rings. The lowest BCUT2D eigenvalue weighted by Gasteiger charge is -2.22. The number of nitrogens with zero attached hydrogens (tertiary/aromatic N) is 2. The Bertz CT molecular complexity index is 651. The van der Waals surface area contributed by atoms with E-state index in [-0.39, 0.29) is 0 Å². The summed E-state index contributed by atoms with van der Waals surface area (Å²) in [5.74, 6) is 0. The molecule has 0 aromatic heterocycles. The highest BCUT2D eigenvalue weighted by Crippen LogP contribution is 2.12. The molecule has 2 heteroatoms. The molecule has 2 aromatic rings. The van der Waals surface area contributed by atoms with Crippen LogP contribution >= 0.6 is 0 Å². The fraction of sp³-hybridized carbons (Fsp3) is 0.647. The SMILES string of the molecule is CN(CCCCCCCCCc1ccccc1)CCN(C)CCCCCCCCCc1ccccc1. The van der Waals surface area contributed by atoms with Crippen LogP contribution in [0.25, 0.3) is 0 Å². The lowest BCUT2D eigenvalue weighted by atomic mass is 10.0. The van der Waals surface area contributed by atoms with Gasteiger partial charge in [0, 0.05) is 13.1 Å². The molecule has 0 N–H and O–H groups in total. The molecule has 0 saturated heterocycles. The van der Waals surface area contributed by atoms with Crippen molar-refractivity contribution in [2.24, 2.45) is 0 Å². The molecule has 36 heavy (non-hydrogen) atoms. The maximum atomic E-state index is 2.53. The zero-order chi connectivity index (χ0) is 25.5. The molecule has 0 radical (unpaired) electrons. The summed E-state index contributed by atoms with van der Waals surface area (Å²) in [4.78, 5) is 5.07. The molecular formula is C34H56N2. The van der Waals surface area contributed by atoms with E-state index in [9.17, 15) is 0 Å². The molecule has 2 aromatic carbocycles. The van der Waals surface area contributed by atoms with Gasteiger partial charge in [-0.1, -0.05) is 125 Å². The molecule has 0 saturated carbocycles. The monoisotopic (exact) mass is 492 g/mol. The largest absolute Gasteiger partial charge is 0.305 e. The number of likely N-dealkylation sites (N-methyl/N-ethyl adjacent to an activating group) is 2. The number of unbranched alkanes of at least 4 members (excludes halogenated alkanes) is 12. The lowest BCUT2D eigenvalue weighted by Crippen LogP contribution is -2.32.